The first-order valence-corrected chi connectivity index (χ1v) is 9.16. The minimum atomic E-state index is -0.246. The molecular weight excluding hydrogens is 317 g/mol. The van der Waals surface area contributed by atoms with Crippen LogP contribution in [0.25, 0.3) is 0 Å². The molecule has 5 heteroatoms. The van der Waals surface area contributed by atoms with Crippen molar-refractivity contribution >= 4 is 5.91 Å². The van der Waals surface area contributed by atoms with Crippen LogP contribution in [-0.4, -0.2) is 21.5 Å². The van der Waals surface area contributed by atoms with Crippen molar-refractivity contribution in [2.75, 3.05) is 0 Å². The van der Waals surface area contributed by atoms with E-state index in [1.807, 2.05) is 22.9 Å². The second kappa shape index (κ2) is 6.62. The Morgan fingerprint density at radius 3 is 2.76 bits per heavy atom. The van der Waals surface area contributed by atoms with E-state index in [0.29, 0.717) is 12.5 Å². The molecule has 2 aliphatic carbocycles. The van der Waals surface area contributed by atoms with E-state index in [9.17, 15) is 9.18 Å². The number of rotatable bonds is 6. The van der Waals surface area contributed by atoms with Crippen LogP contribution in [0.15, 0.2) is 43.0 Å². The van der Waals surface area contributed by atoms with Gasteiger partial charge in [0.05, 0.1) is 11.7 Å². The molecule has 1 aromatic heterocycles. The monoisotopic (exact) mass is 341 g/mol. The Kier molecular flexibility index (Phi) is 4.32. The molecule has 25 heavy (non-hydrogen) atoms. The molecule has 0 bridgehead atoms. The summed E-state index contributed by atoms with van der Waals surface area (Å²) in [5.74, 6) is 0.436. The van der Waals surface area contributed by atoms with Gasteiger partial charge in [0.1, 0.15) is 5.82 Å². The Balaban J connectivity index is 1.37. The van der Waals surface area contributed by atoms with Crippen molar-refractivity contribution in [2.45, 2.75) is 51.1 Å². The van der Waals surface area contributed by atoms with Gasteiger partial charge >= 0.3 is 0 Å². The number of hydrogen-bond donors (Lipinski definition) is 1. The van der Waals surface area contributed by atoms with Crippen molar-refractivity contribution in [2.24, 2.45) is 11.3 Å². The average Bonchev–Trinajstić information content (AvgIpc) is 2.99. The maximum Gasteiger partial charge on any atom is 0.228 e. The highest BCUT2D eigenvalue weighted by molar-refractivity contribution is 5.85. The van der Waals surface area contributed by atoms with Gasteiger partial charge in [-0.25, -0.2) is 9.37 Å². The van der Waals surface area contributed by atoms with E-state index >= 15 is 0 Å². The number of amides is 1. The largest absolute Gasteiger partial charge is 0.353 e. The molecule has 0 aliphatic heterocycles. The lowest BCUT2D eigenvalue weighted by molar-refractivity contribution is -0.127. The third-order valence-corrected chi connectivity index (χ3v) is 5.77. The van der Waals surface area contributed by atoms with Gasteiger partial charge in [-0.1, -0.05) is 18.6 Å². The Bertz CT molecular complexity index is 722. The number of aromatic nitrogens is 2. The fourth-order valence-electron chi connectivity index (χ4n) is 4.05. The second-order valence-electron chi connectivity index (χ2n) is 7.62. The maximum atomic E-state index is 13.1. The molecular formula is C20H24FN3O. The molecule has 2 saturated carbocycles. The lowest BCUT2D eigenvalue weighted by atomic mass is 9.94. The van der Waals surface area contributed by atoms with E-state index in [1.165, 1.54) is 12.1 Å². The summed E-state index contributed by atoms with van der Waals surface area (Å²) in [7, 11) is 0. The van der Waals surface area contributed by atoms with Crippen LogP contribution in [0.3, 0.4) is 0 Å². The van der Waals surface area contributed by atoms with Crippen LogP contribution in [0.5, 0.6) is 0 Å². The minimum Gasteiger partial charge on any atom is -0.353 e. The number of benzene rings is 1. The highest BCUT2D eigenvalue weighted by atomic mass is 19.1. The molecule has 0 radical (unpaired) electrons. The van der Waals surface area contributed by atoms with Crippen molar-refractivity contribution in [1.82, 2.24) is 14.9 Å². The van der Waals surface area contributed by atoms with Gasteiger partial charge in [0, 0.05) is 25.0 Å². The molecule has 2 fully saturated rings. The normalized spacial score (nSPS) is 24.2. The first-order valence-electron chi connectivity index (χ1n) is 9.16. The van der Waals surface area contributed by atoms with Crippen LogP contribution in [0.4, 0.5) is 4.39 Å². The first-order chi connectivity index (χ1) is 12.1. The summed E-state index contributed by atoms with van der Waals surface area (Å²) >= 11 is 0. The predicted octanol–water partition coefficient (Wildman–Crippen LogP) is 3.33. The molecule has 1 heterocycles. The van der Waals surface area contributed by atoms with Gasteiger partial charge in [0.25, 0.3) is 0 Å². The molecule has 4 nitrogen and oxygen atoms in total. The van der Waals surface area contributed by atoms with Crippen molar-refractivity contribution in [1.29, 1.82) is 0 Å². The third kappa shape index (κ3) is 3.60. The van der Waals surface area contributed by atoms with Crippen LogP contribution < -0.4 is 5.32 Å². The standard InChI is InChI=1S/C20H24FN3O/c21-17-6-4-15(5-7-17)12-16-2-1-3-18(16)23-19(25)20(8-9-20)13-24-11-10-22-14-24/h4-7,10-11,14,16,18H,1-3,8-9,12-13H2,(H,23,25)/t16-,18-/m1/s1. The van der Waals surface area contributed by atoms with Crippen LogP contribution in [0.2, 0.25) is 0 Å². The number of carbonyl (C=O) groups is 1. The Morgan fingerprint density at radius 1 is 1.28 bits per heavy atom. The van der Waals surface area contributed by atoms with Gasteiger partial charge < -0.3 is 9.88 Å². The summed E-state index contributed by atoms with van der Waals surface area (Å²) in [6.07, 6.45) is 11.6. The quantitative estimate of drug-likeness (QED) is 0.876. The van der Waals surface area contributed by atoms with Crippen molar-refractivity contribution in [3.63, 3.8) is 0 Å². The van der Waals surface area contributed by atoms with E-state index in [2.05, 4.69) is 10.3 Å². The highest BCUT2D eigenvalue weighted by Gasteiger charge is 2.50. The third-order valence-electron chi connectivity index (χ3n) is 5.77. The van der Waals surface area contributed by atoms with E-state index < -0.39 is 0 Å². The number of nitrogens with one attached hydrogen (secondary N) is 1. The molecule has 2 atom stereocenters. The van der Waals surface area contributed by atoms with Gasteiger partial charge in [0.2, 0.25) is 5.91 Å². The lowest BCUT2D eigenvalue weighted by Crippen LogP contribution is -2.43. The number of hydrogen-bond acceptors (Lipinski definition) is 2. The Hall–Kier alpha value is -2.17. The zero-order valence-electron chi connectivity index (χ0n) is 14.3. The number of nitrogens with zero attached hydrogens (tertiary/aromatic N) is 2. The van der Waals surface area contributed by atoms with Crippen LogP contribution >= 0.6 is 0 Å². The topological polar surface area (TPSA) is 46.9 Å². The molecule has 4 rings (SSSR count). The minimum absolute atomic E-state index is 0.192. The smallest absolute Gasteiger partial charge is 0.228 e. The van der Waals surface area contributed by atoms with Gasteiger partial charge in [-0.05, 0) is 55.7 Å². The Morgan fingerprint density at radius 2 is 2.08 bits per heavy atom. The van der Waals surface area contributed by atoms with Crippen molar-refractivity contribution in [3.8, 4) is 0 Å². The average molecular weight is 341 g/mol. The summed E-state index contributed by atoms with van der Waals surface area (Å²) in [5.41, 5.74) is 0.899. The van der Waals surface area contributed by atoms with Gasteiger partial charge in [-0.15, -0.1) is 0 Å². The molecule has 1 aromatic carbocycles. The van der Waals surface area contributed by atoms with Gasteiger partial charge in [-0.2, -0.15) is 0 Å². The molecule has 2 aliphatic rings. The molecule has 0 spiro atoms. The summed E-state index contributed by atoms with van der Waals surface area (Å²) < 4.78 is 15.1. The van der Waals surface area contributed by atoms with Crippen LogP contribution in [-0.2, 0) is 17.8 Å². The van der Waals surface area contributed by atoms with Gasteiger partial charge in [-0.3, -0.25) is 4.79 Å². The summed E-state index contributed by atoms with van der Waals surface area (Å²) in [6, 6.07) is 6.98. The molecule has 132 valence electrons. The van der Waals surface area contributed by atoms with E-state index in [0.717, 1.165) is 44.1 Å². The van der Waals surface area contributed by atoms with Gasteiger partial charge in [0.15, 0.2) is 0 Å². The van der Waals surface area contributed by atoms with E-state index in [4.69, 9.17) is 0 Å². The summed E-state index contributed by atoms with van der Waals surface area (Å²) in [4.78, 5) is 16.9. The van der Waals surface area contributed by atoms with Crippen LogP contribution in [0.1, 0.15) is 37.7 Å². The Labute approximate surface area is 147 Å². The zero-order valence-corrected chi connectivity index (χ0v) is 14.3. The number of imidazole rings is 1. The fraction of sp³-hybridized carbons (Fsp3) is 0.500. The molecule has 1 N–H and O–H groups in total. The van der Waals surface area contributed by atoms with Crippen molar-refractivity contribution < 1.29 is 9.18 Å². The number of halogens is 1. The van der Waals surface area contributed by atoms with E-state index in [-0.39, 0.29) is 23.2 Å². The lowest BCUT2D eigenvalue weighted by Gasteiger charge is -2.24. The zero-order chi connectivity index (χ0) is 17.3. The number of carbonyl (C=O) groups excluding carboxylic acids is 1. The maximum absolute atomic E-state index is 13.1. The molecule has 0 saturated heterocycles. The molecule has 1 amide bonds. The summed E-state index contributed by atoms with van der Waals surface area (Å²) in [5, 5.41) is 3.33. The van der Waals surface area contributed by atoms with E-state index in [1.54, 1.807) is 12.5 Å². The predicted molar refractivity (Wildman–Crippen MR) is 93.3 cm³/mol. The summed E-state index contributed by atoms with van der Waals surface area (Å²) in [6.45, 7) is 0.716. The molecule has 0 unspecified atom stereocenters. The highest BCUT2D eigenvalue weighted by Crippen LogP contribution is 2.47. The first kappa shape index (κ1) is 16.3. The fourth-order valence-corrected chi connectivity index (χ4v) is 4.05. The second-order valence-corrected chi connectivity index (χ2v) is 7.62. The molecule has 2 aromatic rings. The SMILES string of the molecule is O=C(N[C@@H]1CCC[C@@H]1Cc1ccc(F)cc1)C1(Cn2ccnc2)CC1. The van der Waals surface area contributed by atoms with Crippen LogP contribution in [0, 0.1) is 17.2 Å². The van der Waals surface area contributed by atoms with Crippen molar-refractivity contribution in [3.05, 3.63) is 54.4 Å².